The molecule has 1 aromatic carbocycles. The van der Waals surface area contributed by atoms with Gasteiger partial charge in [0, 0.05) is 30.1 Å². The minimum Gasteiger partial charge on any atom is -0.493 e. The van der Waals surface area contributed by atoms with Gasteiger partial charge in [-0.2, -0.15) is 0 Å². The average molecular weight is 451 g/mol. The number of hydrogen-bond acceptors (Lipinski definition) is 9. The zero-order chi connectivity index (χ0) is 24.0. The normalized spacial score (nSPS) is 15.4. The zero-order valence-electron chi connectivity index (χ0n) is 18.9. The molecule has 33 heavy (non-hydrogen) atoms. The first-order valence-corrected chi connectivity index (χ1v) is 10.3. The lowest BCUT2D eigenvalue weighted by Gasteiger charge is -2.14. The molecule has 1 N–H and O–H groups in total. The Balaban J connectivity index is 2.01. The van der Waals surface area contributed by atoms with Crippen LogP contribution in [0.3, 0.4) is 0 Å². The van der Waals surface area contributed by atoms with Crippen LogP contribution in [0.1, 0.15) is 13.3 Å². The lowest BCUT2D eigenvalue weighted by Crippen LogP contribution is -2.24. The van der Waals surface area contributed by atoms with Gasteiger partial charge >= 0.3 is 0 Å². The fourth-order valence-electron chi connectivity index (χ4n) is 3.08. The van der Waals surface area contributed by atoms with E-state index < -0.39 is 5.78 Å². The quantitative estimate of drug-likeness (QED) is 0.606. The van der Waals surface area contributed by atoms with E-state index in [9.17, 15) is 14.4 Å². The Kier molecular flexibility index (Phi) is 7.62. The van der Waals surface area contributed by atoms with Gasteiger partial charge in [0.05, 0.1) is 37.1 Å². The third-order valence-corrected chi connectivity index (χ3v) is 4.62. The predicted octanol–water partition coefficient (Wildman–Crippen LogP) is 2.23. The second kappa shape index (κ2) is 10.6. The van der Waals surface area contributed by atoms with Gasteiger partial charge in [0.25, 0.3) is 0 Å². The van der Waals surface area contributed by atoms with Gasteiger partial charge in [-0.3, -0.25) is 14.4 Å². The van der Waals surface area contributed by atoms with Crippen molar-refractivity contribution in [1.82, 2.24) is 14.9 Å². The molecule has 1 aliphatic rings. The van der Waals surface area contributed by atoms with Crippen LogP contribution in [0.2, 0.25) is 0 Å². The summed E-state index contributed by atoms with van der Waals surface area (Å²) in [6, 6.07) is 3.31. The Hall–Kier alpha value is -3.92. The number of likely N-dealkylation sites (N-methyl/N-ethyl adjacent to an activating group) is 1. The Bertz CT molecular complexity index is 1180. The number of methoxy groups -OCH3 is 1. The van der Waals surface area contributed by atoms with Gasteiger partial charge in [-0.25, -0.2) is 15.0 Å². The highest BCUT2D eigenvalue weighted by Gasteiger charge is 2.25. The summed E-state index contributed by atoms with van der Waals surface area (Å²) in [6.45, 7) is 2.83. The fourth-order valence-corrected chi connectivity index (χ4v) is 3.08. The molecule has 0 radical (unpaired) electrons. The maximum absolute atomic E-state index is 12.4. The molecule has 10 heteroatoms. The standard InChI is InChI=1S/C23H25N5O5/c1-5-33-20-11-15-14(9-17(20)26-22(31)7-6-8-28(2)3)23(25-13-24-15)27-16-10-19(30)21(32-4)12-18(16)29/h6-7,9,11-13H,5,8,10H2,1-4H3,(H,26,31). The van der Waals surface area contributed by atoms with Crippen molar-refractivity contribution < 1.29 is 23.9 Å². The number of carbonyl (C=O) groups excluding carboxylic acids is 3. The molecular weight excluding hydrogens is 426 g/mol. The molecule has 0 saturated heterocycles. The van der Waals surface area contributed by atoms with Crippen molar-refractivity contribution >= 4 is 45.6 Å². The molecule has 0 fully saturated rings. The van der Waals surface area contributed by atoms with E-state index in [-0.39, 0.29) is 35.4 Å². The molecule has 1 amide bonds. The molecule has 0 atom stereocenters. The summed E-state index contributed by atoms with van der Waals surface area (Å²) in [4.78, 5) is 51.6. The van der Waals surface area contributed by atoms with E-state index >= 15 is 0 Å². The van der Waals surface area contributed by atoms with Crippen molar-refractivity contribution in [3.63, 3.8) is 0 Å². The maximum atomic E-state index is 12.4. The largest absolute Gasteiger partial charge is 0.493 e. The van der Waals surface area contributed by atoms with Crippen molar-refractivity contribution in [1.29, 1.82) is 0 Å². The number of rotatable bonds is 8. The van der Waals surface area contributed by atoms with Gasteiger partial charge in [-0.05, 0) is 27.1 Å². The molecule has 1 aromatic heterocycles. The zero-order valence-corrected chi connectivity index (χ0v) is 18.9. The molecule has 0 bridgehead atoms. The van der Waals surface area contributed by atoms with Crippen LogP contribution in [0.4, 0.5) is 11.5 Å². The number of carbonyl (C=O) groups is 3. The molecule has 3 rings (SSSR count). The van der Waals surface area contributed by atoms with Crippen molar-refractivity contribution in [2.75, 3.05) is 39.7 Å². The Labute approximate surface area is 191 Å². The van der Waals surface area contributed by atoms with Crippen LogP contribution >= 0.6 is 0 Å². The smallest absolute Gasteiger partial charge is 0.248 e. The van der Waals surface area contributed by atoms with Crippen LogP contribution in [0.5, 0.6) is 5.75 Å². The molecular formula is C23H25N5O5. The topological polar surface area (TPSA) is 123 Å². The summed E-state index contributed by atoms with van der Waals surface area (Å²) in [5.74, 6) is -0.457. The summed E-state index contributed by atoms with van der Waals surface area (Å²) in [6.07, 6.45) is 5.42. The van der Waals surface area contributed by atoms with Gasteiger partial charge in [-0.1, -0.05) is 6.08 Å². The van der Waals surface area contributed by atoms with Gasteiger partial charge in [-0.15, -0.1) is 0 Å². The van der Waals surface area contributed by atoms with Crippen molar-refractivity contribution in [2.45, 2.75) is 13.3 Å². The van der Waals surface area contributed by atoms with E-state index in [0.717, 1.165) is 6.08 Å². The molecule has 0 unspecified atom stereocenters. The average Bonchev–Trinajstić information content (AvgIpc) is 2.76. The van der Waals surface area contributed by atoms with Gasteiger partial charge in [0.2, 0.25) is 17.5 Å². The van der Waals surface area contributed by atoms with E-state index in [2.05, 4.69) is 20.3 Å². The summed E-state index contributed by atoms with van der Waals surface area (Å²) < 4.78 is 10.6. The number of nitrogens with zero attached hydrogens (tertiary/aromatic N) is 4. The van der Waals surface area contributed by atoms with Crippen LogP contribution in [-0.4, -0.2) is 72.4 Å². The number of fused-ring (bicyclic) bond motifs is 1. The Morgan fingerprint density at radius 2 is 2.06 bits per heavy atom. The number of nitrogens with one attached hydrogen (secondary N) is 1. The minimum atomic E-state index is -0.427. The van der Waals surface area contributed by atoms with E-state index in [1.807, 2.05) is 25.9 Å². The van der Waals surface area contributed by atoms with Crippen molar-refractivity contribution in [2.24, 2.45) is 4.99 Å². The Morgan fingerprint density at radius 3 is 2.76 bits per heavy atom. The Morgan fingerprint density at radius 1 is 1.27 bits per heavy atom. The molecule has 0 saturated carbocycles. The van der Waals surface area contributed by atoms with Crippen LogP contribution < -0.4 is 10.1 Å². The number of aromatic nitrogens is 2. The summed E-state index contributed by atoms with van der Waals surface area (Å²) in [7, 11) is 5.13. The number of amides is 1. The van der Waals surface area contributed by atoms with Crippen LogP contribution in [0.25, 0.3) is 10.9 Å². The molecule has 0 spiro atoms. The molecule has 2 aromatic rings. The molecule has 1 aliphatic carbocycles. The van der Waals surface area contributed by atoms with Gasteiger partial charge in [0.15, 0.2) is 11.6 Å². The third kappa shape index (κ3) is 5.86. The van der Waals surface area contributed by atoms with Gasteiger partial charge in [0.1, 0.15) is 12.1 Å². The van der Waals surface area contributed by atoms with E-state index in [0.29, 0.717) is 35.5 Å². The second-order valence-electron chi connectivity index (χ2n) is 7.39. The highest BCUT2D eigenvalue weighted by Crippen LogP contribution is 2.33. The first kappa shape index (κ1) is 23.7. The molecule has 172 valence electrons. The molecule has 0 aliphatic heterocycles. The van der Waals surface area contributed by atoms with Crippen molar-refractivity contribution in [3.8, 4) is 5.75 Å². The number of Topliss-reactive ketones (excluding diaryl/α,β-unsaturated/α-hetero) is 1. The number of allylic oxidation sites excluding steroid dienone is 2. The fraction of sp³-hybridized carbons (Fsp3) is 0.304. The van der Waals surface area contributed by atoms with Crippen LogP contribution in [0.15, 0.2) is 47.4 Å². The number of benzene rings is 1. The lowest BCUT2D eigenvalue weighted by molar-refractivity contribution is -0.119. The summed E-state index contributed by atoms with van der Waals surface area (Å²) in [5.41, 5.74) is 0.969. The highest BCUT2D eigenvalue weighted by molar-refractivity contribution is 6.50. The molecule has 1 heterocycles. The van der Waals surface area contributed by atoms with E-state index in [1.54, 1.807) is 18.2 Å². The monoisotopic (exact) mass is 451 g/mol. The minimum absolute atomic E-state index is 0.000159. The lowest BCUT2D eigenvalue weighted by atomic mass is 10.0. The number of hydrogen-bond donors (Lipinski definition) is 1. The van der Waals surface area contributed by atoms with Gasteiger partial charge < -0.3 is 19.7 Å². The highest BCUT2D eigenvalue weighted by atomic mass is 16.5. The third-order valence-electron chi connectivity index (χ3n) is 4.62. The maximum Gasteiger partial charge on any atom is 0.248 e. The summed E-state index contributed by atoms with van der Waals surface area (Å²) >= 11 is 0. The number of aliphatic imine (C=N–C) groups is 1. The number of ketones is 2. The van der Waals surface area contributed by atoms with E-state index in [1.165, 1.54) is 19.5 Å². The SMILES string of the molecule is CCOc1cc2ncnc(N=C3CC(=O)C(OC)=CC3=O)c2cc1NC(=O)C=CCN(C)C. The van der Waals surface area contributed by atoms with Crippen LogP contribution in [-0.2, 0) is 19.1 Å². The first-order chi connectivity index (χ1) is 15.8. The predicted molar refractivity (Wildman–Crippen MR) is 124 cm³/mol. The van der Waals surface area contributed by atoms with E-state index in [4.69, 9.17) is 9.47 Å². The van der Waals surface area contributed by atoms with Crippen molar-refractivity contribution in [3.05, 3.63) is 42.4 Å². The first-order valence-electron chi connectivity index (χ1n) is 10.3. The second-order valence-corrected chi connectivity index (χ2v) is 7.39. The molecule has 10 nitrogen and oxygen atoms in total. The number of ether oxygens (including phenoxy) is 2. The van der Waals surface area contributed by atoms with Crippen LogP contribution in [0, 0.1) is 0 Å². The number of anilines is 1. The summed E-state index contributed by atoms with van der Waals surface area (Å²) in [5, 5.41) is 3.29.